The van der Waals surface area contributed by atoms with Crippen LogP contribution in [0.5, 0.6) is 0 Å². The number of benzene rings is 1. The maximum Gasteiger partial charge on any atom is 1.00 e. The monoisotopic (exact) mass is 170 g/mol. The molecule has 13 heavy (non-hydrogen) atoms. The predicted molar refractivity (Wildman–Crippen MR) is 49.6 cm³/mol. The molecular weight excluding hydrogens is 158 g/mol. The Labute approximate surface area is 90.8 Å². The molecule has 2 rings (SSSR count). The first-order valence-corrected chi connectivity index (χ1v) is 4.33. The van der Waals surface area contributed by atoms with Gasteiger partial charge in [-0.05, 0) is 0 Å². The van der Waals surface area contributed by atoms with Gasteiger partial charge in [0.25, 0.3) is 6.55 Å². The van der Waals surface area contributed by atoms with Crippen molar-refractivity contribution in [2.45, 2.75) is 6.82 Å². The summed E-state index contributed by atoms with van der Waals surface area (Å²) in [6.07, 6.45) is 0. The van der Waals surface area contributed by atoms with Crippen LogP contribution in [0.15, 0.2) is 30.3 Å². The Morgan fingerprint density at radius 3 is 2.15 bits per heavy atom. The molecule has 0 radical (unpaired) electrons. The van der Waals surface area contributed by atoms with Gasteiger partial charge in [-0.2, -0.15) is 5.46 Å². The minimum atomic E-state index is -1.16. The zero-order chi connectivity index (χ0) is 8.44. The molecule has 0 N–H and O–H groups in total. The normalized spacial score (nSPS) is 19.5. The Balaban J connectivity index is 0.000000845. The maximum absolute atomic E-state index is 5.57. The van der Waals surface area contributed by atoms with Crippen LogP contribution in [0.4, 0.5) is 0 Å². The molecule has 0 saturated carbocycles. The molecule has 0 spiro atoms. The van der Waals surface area contributed by atoms with E-state index in [2.05, 4.69) is 0 Å². The molecule has 2 nitrogen and oxygen atoms in total. The fourth-order valence-corrected chi connectivity index (χ4v) is 1.59. The molecule has 1 aliphatic heterocycles. The Morgan fingerprint density at radius 2 is 1.62 bits per heavy atom. The van der Waals surface area contributed by atoms with E-state index in [0.29, 0.717) is 13.2 Å². The summed E-state index contributed by atoms with van der Waals surface area (Å²) < 4.78 is 11.1. The summed E-state index contributed by atoms with van der Waals surface area (Å²) in [5, 5.41) is 0. The van der Waals surface area contributed by atoms with Crippen LogP contribution in [0.25, 0.3) is 0 Å². The first-order valence-electron chi connectivity index (χ1n) is 4.33. The van der Waals surface area contributed by atoms with Gasteiger partial charge in [0.15, 0.2) is 0 Å². The van der Waals surface area contributed by atoms with Gasteiger partial charge in [-0.15, -0.1) is 6.82 Å². The summed E-state index contributed by atoms with van der Waals surface area (Å²) >= 11 is 0. The smallest absolute Gasteiger partial charge is 0.563 e. The van der Waals surface area contributed by atoms with Crippen molar-refractivity contribution in [3.63, 3.8) is 0 Å². The molecule has 0 bridgehead atoms. The molecule has 1 heterocycles. The summed E-state index contributed by atoms with van der Waals surface area (Å²) in [5.41, 5.74) is 1.15. The fourth-order valence-electron chi connectivity index (χ4n) is 1.59. The summed E-state index contributed by atoms with van der Waals surface area (Å²) in [6, 6.07) is 10.1. The molecule has 1 aromatic carbocycles. The Kier molecular flexibility index (Phi) is 3.64. The van der Waals surface area contributed by atoms with Crippen molar-refractivity contribution in [3.8, 4) is 0 Å². The van der Waals surface area contributed by atoms with Crippen LogP contribution in [0.3, 0.4) is 0 Å². The SMILES string of the molecule is C[B-]1(c2ccccc2)OCCO1.[Li+]. The molecule has 1 fully saturated rings. The maximum atomic E-state index is 5.57. The first kappa shape index (κ1) is 10.9. The third-order valence-corrected chi connectivity index (χ3v) is 2.36. The van der Waals surface area contributed by atoms with Crippen molar-refractivity contribution in [1.82, 2.24) is 0 Å². The second-order valence-corrected chi connectivity index (χ2v) is 3.24. The molecule has 4 heteroatoms. The molecule has 0 atom stereocenters. The minimum Gasteiger partial charge on any atom is -0.563 e. The van der Waals surface area contributed by atoms with Gasteiger partial charge in [-0.1, -0.05) is 30.3 Å². The molecule has 0 aliphatic carbocycles. The van der Waals surface area contributed by atoms with Gasteiger partial charge >= 0.3 is 18.9 Å². The molecule has 0 unspecified atom stereocenters. The van der Waals surface area contributed by atoms with E-state index in [4.69, 9.17) is 9.31 Å². The number of rotatable bonds is 1. The van der Waals surface area contributed by atoms with Gasteiger partial charge in [0.2, 0.25) is 0 Å². The van der Waals surface area contributed by atoms with Crippen LogP contribution in [-0.2, 0) is 9.31 Å². The van der Waals surface area contributed by atoms with Crippen molar-refractivity contribution in [1.29, 1.82) is 0 Å². The average Bonchev–Trinajstić information content (AvgIpc) is 2.55. The van der Waals surface area contributed by atoms with E-state index >= 15 is 0 Å². The minimum absolute atomic E-state index is 0. The Hall–Kier alpha value is -0.198. The number of hydrogen-bond donors (Lipinski definition) is 0. The molecule has 0 amide bonds. The molecule has 0 aromatic heterocycles. The van der Waals surface area contributed by atoms with Gasteiger partial charge in [-0.3, -0.25) is 0 Å². The van der Waals surface area contributed by atoms with E-state index in [9.17, 15) is 0 Å². The van der Waals surface area contributed by atoms with E-state index in [0.717, 1.165) is 5.46 Å². The second kappa shape index (κ2) is 4.35. The van der Waals surface area contributed by atoms with Crippen LogP contribution in [0.1, 0.15) is 0 Å². The topological polar surface area (TPSA) is 18.5 Å². The summed E-state index contributed by atoms with van der Waals surface area (Å²) in [4.78, 5) is 0. The predicted octanol–water partition coefficient (Wildman–Crippen LogP) is -1.98. The van der Waals surface area contributed by atoms with Crippen LogP contribution < -0.4 is 24.3 Å². The van der Waals surface area contributed by atoms with E-state index in [1.165, 1.54) is 0 Å². The Bertz CT molecular complexity index is 260. The number of hydrogen-bond acceptors (Lipinski definition) is 2. The van der Waals surface area contributed by atoms with E-state index in [1.54, 1.807) is 0 Å². The van der Waals surface area contributed by atoms with Crippen molar-refractivity contribution in [2.75, 3.05) is 13.2 Å². The standard InChI is InChI=1S/C9H12BO2.Li/c1-10(11-7-8-12-10)9-5-3-2-4-6-9;/h2-6H,7-8H2,1H3;/q-1;+1. The quantitative estimate of drug-likeness (QED) is 0.454. The van der Waals surface area contributed by atoms with Crippen molar-refractivity contribution in [3.05, 3.63) is 30.3 Å². The third kappa shape index (κ3) is 2.18. The molecular formula is C9H12BLiO2. The van der Waals surface area contributed by atoms with Gasteiger partial charge in [0, 0.05) is 13.2 Å². The van der Waals surface area contributed by atoms with E-state index < -0.39 is 6.55 Å². The largest absolute Gasteiger partial charge is 1.00 e. The second-order valence-electron chi connectivity index (χ2n) is 3.24. The van der Waals surface area contributed by atoms with Gasteiger partial charge in [-0.25, -0.2) is 0 Å². The van der Waals surface area contributed by atoms with Crippen molar-refractivity contribution < 1.29 is 28.2 Å². The van der Waals surface area contributed by atoms with Crippen LogP contribution in [0.2, 0.25) is 6.82 Å². The fraction of sp³-hybridized carbons (Fsp3) is 0.333. The zero-order valence-corrected chi connectivity index (χ0v) is 8.19. The summed E-state index contributed by atoms with van der Waals surface area (Å²) in [6.45, 7) is 2.28. The summed E-state index contributed by atoms with van der Waals surface area (Å²) in [7, 11) is 0. The Morgan fingerprint density at radius 1 is 1.08 bits per heavy atom. The average molecular weight is 170 g/mol. The van der Waals surface area contributed by atoms with Crippen molar-refractivity contribution in [2.24, 2.45) is 0 Å². The van der Waals surface area contributed by atoms with Gasteiger partial charge in [0.05, 0.1) is 0 Å². The van der Waals surface area contributed by atoms with Crippen molar-refractivity contribution >= 4 is 12.0 Å². The molecule has 1 saturated heterocycles. The van der Waals surface area contributed by atoms with E-state index in [-0.39, 0.29) is 18.9 Å². The molecule has 1 aromatic rings. The third-order valence-electron chi connectivity index (χ3n) is 2.36. The first-order chi connectivity index (χ1) is 5.81. The van der Waals surface area contributed by atoms with E-state index in [1.807, 2.05) is 37.2 Å². The van der Waals surface area contributed by atoms with Crippen LogP contribution >= 0.6 is 0 Å². The molecule has 1 aliphatic rings. The van der Waals surface area contributed by atoms with Gasteiger partial charge in [0.1, 0.15) is 0 Å². The van der Waals surface area contributed by atoms with Crippen LogP contribution in [0, 0.1) is 0 Å². The van der Waals surface area contributed by atoms with Gasteiger partial charge < -0.3 is 9.31 Å². The summed E-state index contributed by atoms with van der Waals surface area (Å²) in [5.74, 6) is 0. The molecule has 64 valence electrons. The zero-order valence-electron chi connectivity index (χ0n) is 8.19. The van der Waals surface area contributed by atoms with Crippen LogP contribution in [-0.4, -0.2) is 19.8 Å².